The summed E-state index contributed by atoms with van der Waals surface area (Å²) in [5, 5.41) is 0. The van der Waals surface area contributed by atoms with Crippen molar-refractivity contribution in [3.8, 4) is 0 Å². The normalized spacial score (nSPS) is 12.2. The zero-order chi connectivity index (χ0) is 13.1. The van der Waals surface area contributed by atoms with Crippen LogP contribution in [0.4, 0.5) is 13.2 Å². The molecule has 3 nitrogen and oxygen atoms in total. The van der Waals surface area contributed by atoms with Crippen molar-refractivity contribution >= 4 is 10.1 Å². The molecule has 0 radical (unpaired) electrons. The van der Waals surface area contributed by atoms with Gasteiger partial charge < -0.3 is 4.18 Å². The van der Waals surface area contributed by atoms with Gasteiger partial charge in [-0.05, 0) is 5.56 Å². The van der Waals surface area contributed by atoms with Gasteiger partial charge in [0.1, 0.15) is 5.76 Å². The zero-order valence-electron chi connectivity index (χ0n) is 8.57. The molecule has 0 aromatic heterocycles. The SMILES string of the molecule is C=C(Cc1ccccc1)OS(=O)(=O)C(F)(F)F. The highest BCUT2D eigenvalue weighted by atomic mass is 32.2. The van der Waals surface area contributed by atoms with Gasteiger partial charge >= 0.3 is 15.6 Å². The molecule has 1 aromatic rings. The van der Waals surface area contributed by atoms with Crippen LogP contribution in [0.2, 0.25) is 0 Å². The van der Waals surface area contributed by atoms with E-state index in [1.807, 2.05) is 0 Å². The van der Waals surface area contributed by atoms with Crippen molar-refractivity contribution in [2.24, 2.45) is 0 Å². The molecule has 0 aliphatic carbocycles. The van der Waals surface area contributed by atoms with E-state index in [2.05, 4.69) is 10.8 Å². The maximum atomic E-state index is 12.0. The van der Waals surface area contributed by atoms with Gasteiger partial charge in [-0.2, -0.15) is 21.6 Å². The average Bonchev–Trinajstić information content (AvgIpc) is 2.16. The van der Waals surface area contributed by atoms with E-state index in [4.69, 9.17) is 0 Å². The molecule has 1 rings (SSSR count). The predicted octanol–water partition coefficient (Wildman–Crippen LogP) is 2.61. The topological polar surface area (TPSA) is 43.4 Å². The Bertz CT molecular complexity index is 491. The summed E-state index contributed by atoms with van der Waals surface area (Å²) in [6.07, 6.45) is -0.101. The van der Waals surface area contributed by atoms with Crippen LogP contribution in [-0.2, 0) is 20.7 Å². The summed E-state index contributed by atoms with van der Waals surface area (Å²) in [4.78, 5) is 0. The first-order valence-corrected chi connectivity index (χ1v) is 5.85. The lowest BCUT2D eigenvalue weighted by atomic mass is 10.1. The smallest absolute Gasteiger partial charge is 0.381 e. The van der Waals surface area contributed by atoms with Crippen molar-refractivity contribution in [3.63, 3.8) is 0 Å². The van der Waals surface area contributed by atoms with Gasteiger partial charge in [-0.1, -0.05) is 36.9 Å². The number of benzene rings is 1. The molecule has 17 heavy (non-hydrogen) atoms. The third kappa shape index (κ3) is 3.77. The van der Waals surface area contributed by atoms with Crippen LogP contribution in [0.25, 0.3) is 0 Å². The maximum absolute atomic E-state index is 12.0. The Morgan fingerprint density at radius 2 is 1.76 bits per heavy atom. The minimum Gasteiger partial charge on any atom is -0.381 e. The number of hydrogen-bond acceptors (Lipinski definition) is 3. The Morgan fingerprint density at radius 1 is 1.24 bits per heavy atom. The molecule has 0 aliphatic rings. The molecule has 0 saturated carbocycles. The highest BCUT2D eigenvalue weighted by Crippen LogP contribution is 2.26. The van der Waals surface area contributed by atoms with Crippen molar-refractivity contribution in [1.82, 2.24) is 0 Å². The van der Waals surface area contributed by atoms with Crippen LogP contribution in [0.3, 0.4) is 0 Å². The summed E-state index contributed by atoms with van der Waals surface area (Å²) in [5.41, 5.74) is -4.83. The molecule has 0 unspecified atom stereocenters. The van der Waals surface area contributed by atoms with E-state index >= 15 is 0 Å². The van der Waals surface area contributed by atoms with Gasteiger partial charge in [-0.25, -0.2) is 0 Å². The summed E-state index contributed by atoms with van der Waals surface area (Å²) >= 11 is 0. The fourth-order valence-electron chi connectivity index (χ4n) is 1.06. The first-order valence-electron chi connectivity index (χ1n) is 4.45. The molecular formula is C10H9F3O3S. The number of hydrogen-bond donors (Lipinski definition) is 0. The molecular weight excluding hydrogens is 257 g/mol. The largest absolute Gasteiger partial charge is 0.534 e. The van der Waals surface area contributed by atoms with E-state index < -0.39 is 21.4 Å². The van der Waals surface area contributed by atoms with Gasteiger partial charge in [0.05, 0.1) is 0 Å². The number of rotatable bonds is 4. The molecule has 0 spiro atoms. The Hall–Kier alpha value is -1.50. The molecule has 0 N–H and O–H groups in total. The summed E-state index contributed by atoms with van der Waals surface area (Å²) in [6, 6.07) is 8.30. The quantitative estimate of drug-likeness (QED) is 0.478. The second-order valence-corrected chi connectivity index (χ2v) is 4.72. The lowest BCUT2D eigenvalue weighted by molar-refractivity contribution is -0.0522. The Kier molecular flexibility index (Phi) is 3.82. The Labute approximate surface area is 96.6 Å². The van der Waals surface area contributed by atoms with E-state index in [9.17, 15) is 21.6 Å². The maximum Gasteiger partial charge on any atom is 0.534 e. The molecule has 0 aliphatic heterocycles. The van der Waals surface area contributed by atoms with Gasteiger partial charge in [0.25, 0.3) is 0 Å². The first kappa shape index (κ1) is 13.6. The van der Waals surface area contributed by atoms with Crippen LogP contribution in [0.15, 0.2) is 42.7 Å². The van der Waals surface area contributed by atoms with Crippen LogP contribution in [0.1, 0.15) is 5.56 Å². The van der Waals surface area contributed by atoms with E-state index in [1.54, 1.807) is 30.3 Å². The molecule has 1 aromatic carbocycles. The lowest BCUT2D eigenvalue weighted by Gasteiger charge is -2.11. The van der Waals surface area contributed by atoms with E-state index in [0.29, 0.717) is 5.56 Å². The number of alkyl halides is 3. The van der Waals surface area contributed by atoms with Gasteiger partial charge in [0, 0.05) is 6.42 Å². The molecule has 0 fully saturated rings. The van der Waals surface area contributed by atoms with Crippen molar-refractivity contribution in [1.29, 1.82) is 0 Å². The van der Waals surface area contributed by atoms with Gasteiger partial charge in [-0.3, -0.25) is 0 Å². The molecule has 94 valence electrons. The minimum absolute atomic E-state index is 0.101. The van der Waals surface area contributed by atoms with E-state index in [1.165, 1.54) is 0 Å². The molecule has 0 heterocycles. The number of halogens is 3. The molecule has 7 heteroatoms. The first-order chi connectivity index (χ1) is 7.72. The minimum atomic E-state index is -5.62. The van der Waals surface area contributed by atoms with Crippen LogP contribution < -0.4 is 0 Å². The second-order valence-electron chi connectivity index (χ2n) is 3.18. The molecule has 0 atom stereocenters. The van der Waals surface area contributed by atoms with Gasteiger partial charge in [0.15, 0.2) is 0 Å². The van der Waals surface area contributed by atoms with Gasteiger partial charge in [0.2, 0.25) is 0 Å². The summed E-state index contributed by atoms with van der Waals surface area (Å²) in [7, 11) is -5.62. The van der Waals surface area contributed by atoms with Crippen molar-refractivity contribution in [2.45, 2.75) is 11.9 Å². The summed E-state index contributed by atoms with van der Waals surface area (Å²) in [6.45, 7) is 3.15. The van der Waals surface area contributed by atoms with E-state index in [-0.39, 0.29) is 6.42 Å². The molecule has 0 bridgehead atoms. The Morgan fingerprint density at radius 3 is 2.24 bits per heavy atom. The average molecular weight is 266 g/mol. The third-order valence-electron chi connectivity index (χ3n) is 1.76. The van der Waals surface area contributed by atoms with Crippen molar-refractivity contribution < 1.29 is 25.8 Å². The fraction of sp³-hybridized carbons (Fsp3) is 0.200. The van der Waals surface area contributed by atoms with Gasteiger partial charge in [-0.15, -0.1) is 0 Å². The second kappa shape index (κ2) is 4.79. The van der Waals surface area contributed by atoms with Crippen LogP contribution >= 0.6 is 0 Å². The Balaban J connectivity index is 2.69. The van der Waals surface area contributed by atoms with Crippen LogP contribution in [-0.4, -0.2) is 13.9 Å². The summed E-state index contributed by atoms with van der Waals surface area (Å²) in [5.74, 6) is -0.478. The molecule has 0 saturated heterocycles. The van der Waals surface area contributed by atoms with Crippen molar-refractivity contribution in [3.05, 3.63) is 48.2 Å². The number of allylic oxidation sites excluding steroid dienone is 1. The van der Waals surface area contributed by atoms with E-state index in [0.717, 1.165) is 0 Å². The van der Waals surface area contributed by atoms with Crippen molar-refractivity contribution in [2.75, 3.05) is 0 Å². The predicted molar refractivity (Wildman–Crippen MR) is 55.3 cm³/mol. The monoisotopic (exact) mass is 266 g/mol. The third-order valence-corrected chi connectivity index (χ3v) is 2.78. The highest BCUT2D eigenvalue weighted by molar-refractivity contribution is 7.87. The molecule has 0 amide bonds. The lowest BCUT2D eigenvalue weighted by Crippen LogP contribution is -2.25. The summed E-state index contributed by atoms with van der Waals surface area (Å²) < 4.78 is 61.1. The van der Waals surface area contributed by atoms with Crippen LogP contribution in [0.5, 0.6) is 0 Å². The fourth-order valence-corrected chi connectivity index (χ4v) is 1.52. The van der Waals surface area contributed by atoms with Crippen LogP contribution in [0, 0.1) is 0 Å². The standard InChI is InChI=1S/C10H9F3O3S/c1-8(7-9-5-3-2-4-6-9)16-17(14,15)10(11,12)13/h2-6H,1,7H2. The zero-order valence-corrected chi connectivity index (χ0v) is 9.38. The highest BCUT2D eigenvalue weighted by Gasteiger charge is 2.48.